The van der Waals surface area contributed by atoms with E-state index < -0.39 is 0 Å². The molecule has 0 aromatic rings. The highest BCUT2D eigenvalue weighted by atomic mass is 16.5. The molecule has 0 aliphatic heterocycles. The van der Waals surface area contributed by atoms with Crippen LogP contribution >= 0.6 is 0 Å². The summed E-state index contributed by atoms with van der Waals surface area (Å²) in [5.74, 6) is 0. The van der Waals surface area contributed by atoms with Gasteiger partial charge in [-0.05, 0) is 33.2 Å². The van der Waals surface area contributed by atoms with Crippen molar-refractivity contribution >= 4 is 0 Å². The van der Waals surface area contributed by atoms with Gasteiger partial charge < -0.3 is 14.8 Å². The molecule has 0 aliphatic rings. The molecule has 3 nitrogen and oxygen atoms in total. The van der Waals surface area contributed by atoms with Crippen LogP contribution in [0.4, 0.5) is 0 Å². The summed E-state index contributed by atoms with van der Waals surface area (Å²) in [7, 11) is 0. The molecule has 1 N–H and O–H groups in total. The molecule has 92 valence electrons. The fourth-order valence-electron chi connectivity index (χ4n) is 1.39. The first-order valence-corrected chi connectivity index (χ1v) is 6.21. The lowest BCUT2D eigenvalue weighted by atomic mass is 10.2. The lowest BCUT2D eigenvalue weighted by Crippen LogP contribution is -2.23. The first-order chi connectivity index (χ1) is 7.31. The maximum absolute atomic E-state index is 5.62. The maximum atomic E-state index is 5.62. The summed E-state index contributed by atoms with van der Waals surface area (Å²) in [4.78, 5) is 0. The number of hydrogen-bond donors (Lipinski definition) is 1. The van der Waals surface area contributed by atoms with Crippen LogP contribution in [0.3, 0.4) is 0 Å². The molecule has 15 heavy (non-hydrogen) atoms. The van der Waals surface area contributed by atoms with Crippen molar-refractivity contribution in [3.63, 3.8) is 0 Å². The minimum Gasteiger partial charge on any atom is -0.382 e. The number of nitrogens with one attached hydrogen (secondary N) is 1. The highest BCUT2D eigenvalue weighted by Gasteiger charge is 1.98. The van der Waals surface area contributed by atoms with Crippen molar-refractivity contribution in [2.24, 2.45) is 0 Å². The Balaban J connectivity index is 2.98. The predicted molar refractivity (Wildman–Crippen MR) is 64.3 cm³/mol. The molecule has 0 fully saturated rings. The molecule has 0 saturated heterocycles. The van der Waals surface area contributed by atoms with E-state index in [0.717, 1.165) is 45.8 Å². The largest absolute Gasteiger partial charge is 0.382 e. The monoisotopic (exact) mass is 217 g/mol. The van der Waals surface area contributed by atoms with Crippen molar-refractivity contribution in [3.8, 4) is 0 Å². The van der Waals surface area contributed by atoms with Crippen LogP contribution < -0.4 is 5.32 Å². The van der Waals surface area contributed by atoms with E-state index in [4.69, 9.17) is 9.47 Å². The minimum atomic E-state index is 0.403. The Morgan fingerprint density at radius 2 is 1.93 bits per heavy atom. The molecule has 0 spiro atoms. The SMILES string of the molecule is CCCC(C)OCCNCCCOCC. The first kappa shape index (κ1) is 14.9. The highest BCUT2D eigenvalue weighted by Crippen LogP contribution is 1.99. The van der Waals surface area contributed by atoms with E-state index in [1.807, 2.05) is 6.92 Å². The summed E-state index contributed by atoms with van der Waals surface area (Å²) in [5, 5.41) is 3.34. The molecule has 1 unspecified atom stereocenters. The van der Waals surface area contributed by atoms with Crippen LogP contribution in [0.5, 0.6) is 0 Å². The second-order valence-corrected chi connectivity index (χ2v) is 3.77. The third-order valence-corrected chi connectivity index (χ3v) is 2.22. The van der Waals surface area contributed by atoms with Crippen LogP contribution in [-0.4, -0.2) is 39.0 Å². The van der Waals surface area contributed by atoms with Crippen LogP contribution in [0, 0.1) is 0 Å². The van der Waals surface area contributed by atoms with Gasteiger partial charge in [-0.3, -0.25) is 0 Å². The summed E-state index contributed by atoms with van der Waals surface area (Å²) < 4.78 is 10.9. The molecule has 0 aromatic carbocycles. The third-order valence-electron chi connectivity index (χ3n) is 2.22. The Kier molecular flexibility index (Phi) is 11.9. The van der Waals surface area contributed by atoms with Gasteiger partial charge in [0.15, 0.2) is 0 Å². The smallest absolute Gasteiger partial charge is 0.0594 e. The average molecular weight is 217 g/mol. The number of hydrogen-bond acceptors (Lipinski definition) is 3. The third kappa shape index (κ3) is 11.8. The van der Waals surface area contributed by atoms with E-state index in [1.165, 1.54) is 6.42 Å². The quantitative estimate of drug-likeness (QED) is 0.538. The van der Waals surface area contributed by atoms with Crippen LogP contribution in [-0.2, 0) is 9.47 Å². The molecule has 0 heterocycles. The minimum absolute atomic E-state index is 0.403. The van der Waals surface area contributed by atoms with Gasteiger partial charge in [-0.15, -0.1) is 0 Å². The lowest BCUT2D eigenvalue weighted by Gasteiger charge is -2.12. The van der Waals surface area contributed by atoms with Gasteiger partial charge in [0.1, 0.15) is 0 Å². The van der Waals surface area contributed by atoms with Gasteiger partial charge >= 0.3 is 0 Å². The molecule has 0 rings (SSSR count). The Morgan fingerprint density at radius 1 is 1.13 bits per heavy atom. The van der Waals surface area contributed by atoms with Crippen LogP contribution in [0.25, 0.3) is 0 Å². The van der Waals surface area contributed by atoms with Gasteiger partial charge in [-0.25, -0.2) is 0 Å². The van der Waals surface area contributed by atoms with E-state index in [2.05, 4.69) is 19.2 Å². The van der Waals surface area contributed by atoms with Crippen LogP contribution in [0.15, 0.2) is 0 Å². The van der Waals surface area contributed by atoms with Gasteiger partial charge in [0.25, 0.3) is 0 Å². The summed E-state index contributed by atoms with van der Waals surface area (Å²) in [6, 6.07) is 0. The normalized spacial score (nSPS) is 13.0. The van der Waals surface area contributed by atoms with E-state index >= 15 is 0 Å². The molecule has 0 aromatic heterocycles. The predicted octanol–water partition coefficient (Wildman–Crippen LogP) is 2.21. The van der Waals surface area contributed by atoms with E-state index in [0.29, 0.717) is 6.10 Å². The Hall–Kier alpha value is -0.120. The molecule has 0 bridgehead atoms. The number of ether oxygens (including phenoxy) is 2. The zero-order valence-electron chi connectivity index (χ0n) is 10.6. The maximum Gasteiger partial charge on any atom is 0.0594 e. The second-order valence-electron chi connectivity index (χ2n) is 3.77. The van der Waals surface area contributed by atoms with Gasteiger partial charge in [-0.2, -0.15) is 0 Å². The van der Waals surface area contributed by atoms with E-state index in [9.17, 15) is 0 Å². The van der Waals surface area contributed by atoms with Crippen LogP contribution in [0.1, 0.15) is 40.0 Å². The van der Waals surface area contributed by atoms with E-state index in [1.54, 1.807) is 0 Å². The van der Waals surface area contributed by atoms with Crippen molar-refractivity contribution in [2.75, 3.05) is 32.9 Å². The Bertz CT molecular complexity index is 120. The molecule has 0 radical (unpaired) electrons. The molecule has 0 amide bonds. The summed E-state index contributed by atoms with van der Waals surface area (Å²) in [6.45, 7) is 10.8. The van der Waals surface area contributed by atoms with Crippen molar-refractivity contribution < 1.29 is 9.47 Å². The summed E-state index contributed by atoms with van der Waals surface area (Å²) >= 11 is 0. The second kappa shape index (κ2) is 12.0. The van der Waals surface area contributed by atoms with Crippen molar-refractivity contribution in [1.29, 1.82) is 0 Å². The molecule has 3 heteroatoms. The molecule has 0 saturated carbocycles. The zero-order valence-corrected chi connectivity index (χ0v) is 10.6. The van der Waals surface area contributed by atoms with Crippen molar-refractivity contribution in [3.05, 3.63) is 0 Å². The van der Waals surface area contributed by atoms with Crippen LogP contribution in [0.2, 0.25) is 0 Å². The lowest BCUT2D eigenvalue weighted by molar-refractivity contribution is 0.0614. The van der Waals surface area contributed by atoms with Gasteiger partial charge in [-0.1, -0.05) is 13.3 Å². The zero-order chi connectivity index (χ0) is 11.4. The first-order valence-electron chi connectivity index (χ1n) is 6.21. The van der Waals surface area contributed by atoms with Crippen molar-refractivity contribution in [2.45, 2.75) is 46.1 Å². The fourth-order valence-corrected chi connectivity index (χ4v) is 1.39. The van der Waals surface area contributed by atoms with Crippen molar-refractivity contribution in [1.82, 2.24) is 5.32 Å². The van der Waals surface area contributed by atoms with E-state index in [-0.39, 0.29) is 0 Å². The summed E-state index contributed by atoms with van der Waals surface area (Å²) in [6.07, 6.45) is 3.84. The average Bonchev–Trinajstić information content (AvgIpc) is 2.22. The van der Waals surface area contributed by atoms with Gasteiger partial charge in [0, 0.05) is 19.8 Å². The topological polar surface area (TPSA) is 30.5 Å². The molecular formula is C12H27NO2. The summed E-state index contributed by atoms with van der Waals surface area (Å²) in [5.41, 5.74) is 0. The molecular weight excluding hydrogens is 190 g/mol. The number of rotatable bonds is 11. The fraction of sp³-hybridized carbons (Fsp3) is 1.00. The van der Waals surface area contributed by atoms with Gasteiger partial charge in [0.2, 0.25) is 0 Å². The Morgan fingerprint density at radius 3 is 2.60 bits per heavy atom. The highest BCUT2D eigenvalue weighted by molar-refractivity contribution is 4.50. The molecule has 0 aliphatic carbocycles. The standard InChI is InChI=1S/C12H27NO2/c1-4-7-12(3)15-11-9-13-8-6-10-14-5-2/h12-13H,4-11H2,1-3H3. The van der Waals surface area contributed by atoms with Gasteiger partial charge in [0.05, 0.1) is 12.7 Å². The Labute approximate surface area is 94.5 Å². The molecule has 1 atom stereocenters.